The van der Waals surface area contributed by atoms with Crippen molar-refractivity contribution in [2.45, 2.75) is 31.5 Å². The molecule has 0 saturated carbocycles. The second-order valence-corrected chi connectivity index (χ2v) is 12.1. The van der Waals surface area contributed by atoms with Crippen molar-refractivity contribution in [3.05, 3.63) is 58.1 Å². The Hall–Kier alpha value is -2.07. The largest absolute Gasteiger partial charge is 0.338 e. The average Bonchev–Trinajstić information content (AvgIpc) is 3.38. The average molecular weight is 540 g/mol. The topological polar surface area (TPSA) is 85.2 Å². The Labute approximate surface area is 213 Å². The van der Waals surface area contributed by atoms with Crippen molar-refractivity contribution in [1.29, 1.82) is 0 Å². The van der Waals surface area contributed by atoms with Gasteiger partial charge in [-0.25, -0.2) is 8.42 Å². The van der Waals surface area contributed by atoms with Crippen molar-refractivity contribution in [3.8, 4) is 17.1 Å². The third kappa shape index (κ3) is 5.43. The molecule has 7 nitrogen and oxygen atoms in total. The van der Waals surface area contributed by atoms with Gasteiger partial charge in [0.05, 0.1) is 22.9 Å². The van der Waals surface area contributed by atoms with Crippen molar-refractivity contribution < 1.29 is 13.2 Å². The number of halogens is 2. The minimum Gasteiger partial charge on any atom is -0.338 e. The van der Waals surface area contributed by atoms with Crippen LogP contribution in [-0.2, 0) is 14.6 Å². The first-order valence-electron chi connectivity index (χ1n) is 10.8. The van der Waals surface area contributed by atoms with E-state index in [1.807, 2.05) is 48.7 Å². The highest BCUT2D eigenvalue weighted by molar-refractivity contribution is 7.99. The van der Waals surface area contributed by atoms with Gasteiger partial charge in [-0.3, -0.25) is 9.36 Å². The Kier molecular flexibility index (Phi) is 7.57. The lowest BCUT2D eigenvalue weighted by molar-refractivity contribution is -0.129. The molecule has 0 N–H and O–H groups in total. The molecule has 2 heterocycles. The SMILES string of the molecule is CCN(C(=O)CSc1nnc(-c2ccc(Cl)cc2)n1-c1ccc(C)c(Cl)c1)[C@@H]1CCS(=O)(=O)C1. The highest BCUT2D eigenvalue weighted by Crippen LogP contribution is 2.31. The molecule has 1 amide bonds. The molecule has 34 heavy (non-hydrogen) atoms. The minimum absolute atomic E-state index is 0.0238. The zero-order valence-corrected chi connectivity index (χ0v) is 21.9. The molecular formula is C23H24Cl2N4O3S2. The number of thioether (sulfide) groups is 1. The molecule has 11 heteroatoms. The Bertz CT molecular complexity index is 1310. The normalized spacial score (nSPS) is 17.1. The molecule has 4 rings (SSSR count). The summed E-state index contributed by atoms with van der Waals surface area (Å²) in [5.41, 5.74) is 2.54. The van der Waals surface area contributed by atoms with E-state index in [-0.39, 0.29) is 29.2 Å². The van der Waals surface area contributed by atoms with E-state index >= 15 is 0 Å². The van der Waals surface area contributed by atoms with Crippen molar-refractivity contribution in [3.63, 3.8) is 0 Å². The molecule has 1 aliphatic rings. The fraction of sp³-hybridized carbons (Fsp3) is 0.348. The van der Waals surface area contributed by atoms with E-state index in [2.05, 4.69) is 10.2 Å². The highest BCUT2D eigenvalue weighted by Gasteiger charge is 2.34. The lowest BCUT2D eigenvalue weighted by Gasteiger charge is -2.26. The van der Waals surface area contributed by atoms with Gasteiger partial charge >= 0.3 is 0 Å². The summed E-state index contributed by atoms with van der Waals surface area (Å²) >= 11 is 13.7. The third-order valence-electron chi connectivity index (χ3n) is 5.78. The van der Waals surface area contributed by atoms with Gasteiger partial charge in [-0.15, -0.1) is 10.2 Å². The standard InChI is InChI=1S/C23H24Cl2N4O3S2/c1-3-28(19-10-11-34(31,32)14-19)21(30)13-33-23-27-26-22(16-5-7-17(24)8-6-16)29(23)18-9-4-15(2)20(25)12-18/h4-9,12,19H,3,10-11,13-14H2,1-2H3/t19-/m1/s1. The molecule has 0 radical (unpaired) electrons. The van der Waals surface area contributed by atoms with Gasteiger partial charge in [0.25, 0.3) is 0 Å². The number of rotatable bonds is 7. The number of hydrogen-bond donors (Lipinski definition) is 0. The fourth-order valence-electron chi connectivity index (χ4n) is 3.97. The number of carbonyl (C=O) groups is 1. The second-order valence-electron chi connectivity index (χ2n) is 8.11. The van der Waals surface area contributed by atoms with E-state index in [1.54, 1.807) is 17.0 Å². The minimum atomic E-state index is -3.08. The Morgan fingerprint density at radius 2 is 1.91 bits per heavy atom. The van der Waals surface area contributed by atoms with Gasteiger partial charge in [0, 0.05) is 28.2 Å². The molecule has 2 aromatic carbocycles. The predicted molar refractivity (Wildman–Crippen MR) is 137 cm³/mol. The Morgan fingerprint density at radius 1 is 1.18 bits per heavy atom. The van der Waals surface area contributed by atoms with Crippen LogP contribution in [0.15, 0.2) is 47.6 Å². The van der Waals surface area contributed by atoms with E-state index in [4.69, 9.17) is 23.2 Å². The fourth-order valence-corrected chi connectivity index (χ4v) is 6.84. The van der Waals surface area contributed by atoms with Crippen LogP contribution < -0.4 is 0 Å². The van der Waals surface area contributed by atoms with Crippen LogP contribution in [-0.4, -0.2) is 63.8 Å². The third-order valence-corrected chi connectivity index (χ3v) is 9.11. The molecule has 0 spiro atoms. The van der Waals surface area contributed by atoms with Gasteiger partial charge in [0.15, 0.2) is 20.8 Å². The van der Waals surface area contributed by atoms with Crippen molar-refractivity contribution in [1.82, 2.24) is 19.7 Å². The number of aromatic nitrogens is 3. The van der Waals surface area contributed by atoms with E-state index < -0.39 is 9.84 Å². The number of carbonyl (C=O) groups excluding carboxylic acids is 1. The first-order chi connectivity index (χ1) is 16.2. The molecule has 1 atom stereocenters. The van der Waals surface area contributed by atoms with E-state index in [1.165, 1.54) is 11.8 Å². The summed E-state index contributed by atoms with van der Waals surface area (Å²) in [7, 11) is -3.08. The number of aryl methyl sites for hydroxylation is 1. The number of sulfone groups is 1. The first kappa shape index (κ1) is 25.0. The van der Waals surface area contributed by atoms with E-state index in [0.29, 0.717) is 34.0 Å². The lowest BCUT2D eigenvalue weighted by atomic mass is 10.2. The smallest absolute Gasteiger partial charge is 0.233 e. The number of amides is 1. The van der Waals surface area contributed by atoms with Crippen LogP contribution in [0.4, 0.5) is 0 Å². The molecule has 0 unspecified atom stereocenters. The maximum absolute atomic E-state index is 13.0. The molecule has 1 saturated heterocycles. The van der Waals surface area contributed by atoms with Gasteiger partial charge in [-0.1, -0.05) is 41.0 Å². The summed E-state index contributed by atoms with van der Waals surface area (Å²) in [5.74, 6) is 0.736. The van der Waals surface area contributed by atoms with Crippen molar-refractivity contribution in [2.75, 3.05) is 23.8 Å². The zero-order chi connectivity index (χ0) is 24.5. The van der Waals surface area contributed by atoms with Crippen LogP contribution in [0.25, 0.3) is 17.1 Å². The summed E-state index contributed by atoms with van der Waals surface area (Å²) in [6.45, 7) is 4.24. The summed E-state index contributed by atoms with van der Waals surface area (Å²) in [5, 5.41) is 10.5. The molecule has 180 valence electrons. The van der Waals surface area contributed by atoms with Gasteiger partial charge < -0.3 is 4.90 Å². The van der Waals surface area contributed by atoms with Crippen LogP contribution in [0.5, 0.6) is 0 Å². The number of benzene rings is 2. The zero-order valence-electron chi connectivity index (χ0n) is 18.7. The predicted octanol–water partition coefficient (Wildman–Crippen LogP) is 4.68. The van der Waals surface area contributed by atoms with Gasteiger partial charge in [-0.05, 0) is 62.2 Å². The molecule has 1 aromatic heterocycles. The van der Waals surface area contributed by atoms with Crippen LogP contribution in [0.2, 0.25) is 10.0 Å². The lowest BCUT2D eigenvalue weighted by Crippen LogP contribution is -2.42. The monoisotopic (exact) mass is 538 g/mol. The number of nitrogens with zero attached hydrogens (tertiary/aromatic N) is 4. The quantitative estimate of drug-likeness (QED) is 0.406. The van der Waals surface area contributed by atoms with Gasteiger partial charge in [0.1, 0.15) is 0 Å². The number of hydrogen-bond acceptors (Lipinski definition) is 6. The van der Waals surface area contributed by atoms with Gasteiger partial charge in [0.2, 0.25) is 5.91 Å². The van der Waals surface area contributed by atoms with Crippen LogP contribution >= 0.6 is 35.0 Å². The van der Waals surface area contributed by atoms with E-state index in [0.717, 1.165) is 16.8 Å². The maximum atomic E-state index is 13.0. The molecule has 3 aromatic rings. The molecule has 1 fully saturated rings. The molecule has 1 aliphatic heterocycles. The second kappa shape index (κ2) is 10.3. The van der Waals surface area contributed by atoms with Crippen LogP contribution in [0.3, 0.4) is 0 Å². The highest BCUT2D eigenvalue weighted by atomic mass is 35.5. The van der Waals surface area contributed by atoms with Crippen molar-refractivity contribution in [2.24, 2.45) is 0 Å². The maximum Gasteiger partial charge on any atom is 0.233 e. The summed E-state index contributed by atoms with van der Waals surface area (Å²) in [6.07, 6.45) is 0.478. The summed E-state index contributed by atoms with van der Waals surface area (Å²) < 4.78 is 25.6. The molecule has 0 aliphatic carbocycles. The molecule has 0 bridgehead atoms. The van der Waals surface area contributed by atoms with E-state index in [9.17, 15) is 13.2 Å². The van der Waals surface area contributed by atoms with Crippen LogP contribution in [0.1, 0.15) is 18.9 Å². The van der Waals surface area contributed by atoms with Crippen LogP contribution in [0, 0.1) is 6.92 Å². The Morgan fingerprint density at radius 3 is 2.53 bits per heavy atom. The summed E-state index contributed by atoms with van der Waals surface area (Å²) in [4.78, 5) is 14.7. The first-order valence-corrected chi connectivity index (χ1v) is 14.4. The Balaban J connectivity index is 1.63. The molecular weight excluding hydrogens is 515 g/mol. The van der Waals surface area contributed by atoms with Gasteiger partial charge in [-0.2, -0.15) is 0 Å². The summed E-state index contributed by atoms with van der Waals surface area (Å²) in [6, 6.07) is 12.7. The van der Waals surface area contributed by atoms with Crippen molar-refractivity contribution >= 4 is 50.7 Å².